The van der Waals surface area contributed by atoms with Gasteiger partial charge in [0.2, 0.25) is 5.91 Å². The lowest BCUT2D eigenvalue weighted by Crippen LogP contribution is -2.66. The number of hydrogen-bond donors (Lipinski definition) is 12. The van der Waals surface area contributed by atoms with Gasteiger partial charge in [0, 0.05) is 6.42 Å². The molecule has 0 aromatic rings. The molecule has 0 aromatic heterocycles. The third kappa shape index (κ3) is 16.9. The van der Waals surface area contributed by atoms with E-state index in [1.165, 1.54) is 19.3 Å². The topological polar surface area (TPSA) is 307 Å². The first kappa shape index (κ1) is 54.6. The standard InChI is InChI=1S/C43H77NO18/c1-3-5-7-9-10-11-12-13-14-15-17-19-21-31(49)44-26(27(48)20-18-16-8-6-4-2)25-57-41-37(55)34(52)39(29(23-46)59-41)62-43-38(56)35(53)40(30(24-47)60-43)61-42-36(54)33(51)32(50)28(22-45)58-42/h10-11,18,20,26-30,32-43,45-48,50-56H,3-9,12-17,19,21-25H2,1-2H3,(H,44,49)/b11-10-,20-18+. The average molecular weight is 896 g/mol. The summed E-state index contributed by atoms with van der Waals surface area (Å²) in [4.78, 5) is 13.0. The number of hydrogen-bond acceptors (Lipinski definition) is 18. The lowest BCUT2D eigenvalue weighted by atomic mass is 9.96. The lowest BCUT2D eigenvalue weighted by molar-refractivity contribution is -0.379. The van der Waals surface area contributed by atoms with Gasteiger partial charge in [-0.1, -0.05) is 83.1 Å². The second kappa shape index (κ2) is 29.7. The van der Waals surface area contributed by atoms with Gasteiger partial charge in [-0.25, -0.2) is 0 Å². The molecule has 0 saturated carbocycles. The molecule has 62 heavy (non-hydrogen) atoms. The highest BCUT2D eigenvalue weighted by Crippen LogP contribution is 2.33. The van der Waals surface area contributed by atoms with Crippen LogP contribution in [-0.2, 0) is 33.2 Å². The van der Waals surface area contributed by atoms with Crippen molar-refractivity contribution in [1.29, 1.82) is 0 Å². The van der Waals surface area contributed by atoms with E-state index in [2.05, 4.69) is 31.3 Å². The fourth-order valence-corrected chi connectivity index (χ4v) is 7.59. The van der Waals surface area contributed by atoms with Gasteiger partial charge < -0.3 is 89.9 Å². The number of amides is 1. The first-order valence-electron chi connectivity index (χ1n) is 22.6. The number of carbonyl (C=O) groups excluding carboxylic acids is 1. The molecule has 0 radical (unpaired) electrons. The van der Waals surface area contributed by atoms with Gasteiger partial charge in [-0.15, -0.1) is 0 Å². The zero-order valence-electron chi connectivity index (χ0n) is 36.3. The maximum absolute atomic E-state index is 13.0. The number of aliphatic hydroxyl groups excluding tert-OH is 11. The van der Waals surface area contributed by atoms with Crippen molar-refractivity contribution in [2.75, 3.05) is 26.4 Å². The third-order valence-corrected chi connectivity index (χ3v) is 11.5. The highest BCUT2D eigenvalue weighted by Gasteiger charge is 2.53. The van der Waals surface area contributed by atoms with Gasteiger partial charge in [-0.2, -0.15) is 0 Å². The number of ether oxygens (including phenoxy) is 6. The quantitative estimate of drug-likeness (QED) is 0.0326. The Labute approximate surface area is 365 Å². The van der Waals surface area contributed by atoms with E-state index in [1.54, 1.807) is 6.08 Å². The summed E-state index contributed by atoms with van der Waals surface area (Å²) >= 11 is 0. The maximum atomic E-state index is 13.0. The van der Waals surface area contributed by atoms with Crippen LogP contribution >= 0.6 is 0 Å². The van der Waals surface area contributed by atoms with Gasteiger partial charge in [-0.05, 0) is 44.9 Å². The first-order chi connectivity index (χ1) is 29.8. The Morgan fingerprint density at radius 2 is 1.02 bits per heavy atom. The summed E-state index contributed by atoms with van der Waals surface area (Å²) in [6.07, 6.45) is -4.43. The fraction of sp³-hybridized carbons (Fsp3) is 0.884. The first-order valence-corrected chi connectivity index (χ1v) is 22.6. The number of rotatable bonds is 29. The number of unbranched alkanes of at least 4 members (excludes halogenated alkanes) is 11. The van der Waals surface area contributed by atoms with E-state index in [9.17, 15) is 61.0 Å². The minimum atomic E-state index is -1.97. The zero-order valence-corrected chi connectivity index (χ0v) is 36.3. The summed E-state index contributed by atoms with van der Waals surface area (Å²) in [5.41, 5.74) is 0. The highest BCUT2D eigenvalue weighted by atomic mass is 16.8. The molecule has 3 heterocycles. The number of allylic oxidation sites excluding steroid dienone is 3. The molecule has 3 fully saturated rings. The minimum Gasteiger partial charge on any atom is -0.394 e. The van der Waals surface area contributed by atoms with Crippen LogP contribution in [0.15, 0.2) is 24.3 Å². The van der Waals surface area contributed by atoms with Gasteiger partial charge >= 0.3 is 0 Å². The largest absolute Gasteiger partial charge is 0.394 e. The molecule has 0 aromatic carbocycles. The van der Waals surface area contributed by atoms with E-state index in [1.807, 2.05) is 6.08 Å². The second-order valence-corrected chi connectivity index (χ2v) is 16.5. The van der Waals surface area contributed by atoms with Crippen molar-refractivity contribution in [2.24, 2.45) is 0 Å². The Hall–Kier alpha value is -1.73. The summed E-state index contributed by atoms with van der Waals surface area (Å²) in [5.74, 6) is -0.297. The SMILES string of the molecule is CCCCC/C=C\CCCCCCCC(=O)NC(COC1OC(CO)C(OC2OC(CO)C(OC3OC(CO)C(O)C(O)C3O)C(O)C2O)C(O)C1O)C(O)/C=C/CCCCC. The van der Waals surface area contributed by atoms with Gasteiger partial charge in [0.15, 0.2) is 18.9 Å². The van der Waals surface area contributed by atoms with E-state index >= 15 is 0 Å². The molecule has 1 amide bonds. The Bertz CT molecular complexity index is 1260. The Kier molecular flexibility index (Phi) is 26.2. The van der Waals surface area contributed by atoms with Crippen LogP contribution in [0.1, 0.15) is 110 Å². The second-order valence-electron chi connectivity index (χ2n) is 16.5. The number of carbonyl (C=O) groups is 1. The molecule has 17 atom stereocenters. The predicted molar refractivity (Wildman–Crippen MR) is 222 cm³/mol. The molecule has 3 aliphatic rings. The number of aliphatic hydroxyl groups is 11. The summed E-state index contributed by atoms with van der Waals surface area (Å²) in [6, 6.07) is -0.968. The molecule has 362 valence electrons. The predicted octanol–water partition coefficient (Wildman–Crippen LogP) is -0.699. The summed E-state index contributed by atoms with van der Waals surface area (Å²) in [6.45, 7) is 1.49. The highest BCUT2D eigenvalue weighted by molar-refractivity contribution is 5.76. The normalized spacial score (nSPS) is 35.4. The van der Waals surface area contributed by atoms with Crippen LogP contribution in [0.25, 0.3) is 0 Å². The van der Waals surface area contributed by atoms with Gasteiger partial charge in [0.05, 0.1) is 38.6 Å². The molecular weight excluding hydrogens is 818 g/mol. The van der Waals surface area contributed by atoms with Gasteiger partial charge in [0.25, 0.3) is 0 Å². The molecule has 17 unspecified atom stereocenters. The third-order valence-electron chi connectivity index (χ3n) is 11.5. The number of nitrogens with one attached hydrogen (secondary N) is 1. The summed E-state index contributed by atoms with van der Waals surface area (Å²) in [5, 5.41) is 119. The molecule has 0 bridgehead atoms. The lowest BCUT2D eigenvalue weighted by Gasteiger charge is -2.48. The van der Waals surface area contributed by atoms with E-state index in [-0.39, 0.29) is 18.9 Å². The molecule has 3 rings (SSSR count). The fourth-order valence-electron chi connectivity index (χ4n) is 7.59. The van der Waals surface area contributed by atoms with Crippen LogP contribution in [0.5, 0.6) is 0 Å². The van der Waals surface area contributed by atoms with E-state index < -0.39 is 124 Å². The van der Waals surface area contributed by atoms with Crippen LogP contribution < -0.4 is 5.32 Å². The van der Waals surface area contributed by atoms with E-state index in [0.717, 1.165) is 64.2 Å². The molecule has 19 nitrogen and oxygen atoms in total. The van der Waals surface area contributed by atoms with Crippen molar-refractivity contribution >= 4 is 5.91 Å². The van der Waals surface area contributed by atoms with Crippen LogP contribution in [0.4, 0.5) is 0 Å². The molecule has 19 heteroatoms. The van der Waals surface area contributed by atoms with Crippen LogP contribution in [0.2, 0.25) is 0 Å². The van der Waals surface area contributed by atoms with Crippen LogP contribution in [0, 0.1) is 0 Å². The van der Waals surface area contributed by atoms with E-state index in [4.69, 9.17) is 28.4 Å². The van der Waals surface area contributed by atoms with Crippen molar-refractivity contribution in [1.82, 2.24) is 5.32 Å². The van der Waals surface area contributed by atoms with Crippen LogP contribution in [-0.4, -0.2) is 193 Å². The Balaban J connectivity index is 1.57. The molecule has 3 saturated heterocycles. The summed E-state index contributed by atoms with van der Waals surface area (Å²) in [7, 11) is 0. The van der Waals surface area contributed by atoms with Crippen molar-refractivity contribution in [3.63, 3.8) is 0 Å². The van der Waals surface area contributed by atoms with E-state index in [0.29, 0.717) is 6.42 Å². The Morgan fingerprint density at radius 1 is 0.565 bits per heavy atom. The van der Waals surface area contributed by atoms with Crippen molar-refractivity contribution in [3.8, 4) is 0 Å². The summed E-state index contributed by atoms with van der Waals surface area (Å²) < 4.78 is 33.8. The van der Waals surface area contributed by atoms with Crippen molar-refractivity contribution in [3.05, 3.63) is 24.3 Å². The molecule has 0 spiro atoms. The van der Waals surface area contributed by atoms with Gasteiger partial charge in [0.1, 0.15) is 73.2 Å². The Morgan fingerprint density at radius 3 is 1.56 bits per heavy atom. The minimum absolute atomic E-state index is 0.231. The molecular formula is C43H77NO18. The average Bonchev–Trinajstić information content (AvgIpc) is 3.26. The molecule has 0 aliphatic carbocycles. The smallest absolute Gasteiger partial charge is 0.220 e. The van der Waals surface area contributed by atoms with Crippen LogP contribution in [0.3, 0.4) is 0 Å². The zero-order chi connectivity index (χ0) is 45.6. The monoisotopic (exact) mass is 896 g/mol. The van der Waals surface area contributed by atoms with Crippen molar-refractivity contribution < 1.29 is 89.4 Å². The van der Waals surface area contributed by atoms with Crippen molar-refractivity contribution in [2.45, 2.75) is 214 Å². The van der Waals surface area contributed by atoms with Gasteiger partial charge in [-0.3, -0.25) is 4.79 Å². The maximum Gasteiger partial charge on any atom is 0.220 e. The molecule has 12 N–H and O–H groups in total. The molecule has 3 aliphatic heterocycles.